The number of hydrogen-bond acceptors (Lipinski definition) is 2. The van der Waals surface area contributed by atoms with Gasteiger partial charge in [0.2, 0.25) is 0 Å². The Kier molecular flexibility index (Phi) is 6.50. The van der Waals surface area contributed by atoms with Crippen LogP contribution >= 0.6 is 15.9 Å². The molecule has 0 radical (unpaired) electrons. The zero-order chi connectivity index (χ0) is 11.8. The van der Waals surface area contributed by atoms with E-state index in [1.54, 1.807) is 0 Å². The van der Waals surface area contributed by atoms with Crippen LogP contribution in [0.3, 0.4) is 0 Å². The Morgan fingerprint density at radius 2 is 2.00 bits per heavy atom. The zero-order valence-electron chi connectivity index (χ0n) is 10.0. The fraction of sp³-hybridized carbons (Fsp3) is 0.538. The molecule has 0 atom stereocenters. The average Bonchev–Trinajstić information content (AvgIpc) is 2.25. The van der Waals surface area contributed by atoms with E-state index >= 15 is 0 Å². The van der Waals surface area contributed by atoms with Crippen molar-refractivity contribution in [3.8, 4) is 0 Å². The molecule has 0 aromatic heterocycles. The maximum atomic E-state index is 5.53. The number of para-hydroxylation sites is 1. The van der Waals surface area contributed by atoms with Crippen LogP contribution in [0.15, 0.2) is 28.7 Å². The van der Waals surface area contributed by atoms with Gasteiger partial charge in [0.25, 0.3) is 0 Å². The highest BCUT2D eigenvalue weighted by atomic mass is 79.9. The Balaban J connectivity index is 2.10. The number of benzene rings is 1. The molecule has 3 heteroatoms. The van der Waals surface area contributed by atoms with E-state index in [0.29, 0.717) is 0 Å². The summed E-state index contributed by atoms with van der Waals surface area (Å²) in [4.78, 5) is 0. The molecule has 2 nitrogen and oxygen atoms in total. The van der Waals surface area contributed by atoms with Gasteiger partial charge >= 0.3 is 0 Å². The predicted molar refractivity (Wildman–Crippen MR) is 72.9 cm³/mol. The van der Waals surface area contributed by atoms with Crippen LogP contribution in [0.25, 0.3) is 0 Å². The molecule has 0 aliphatic rings. The van der Waals surface area contributed by atoms with Crippen LogP contribution in [0, 0.1) is 5.92 Å². The van der Waals surface area contributed by atoms with E-state index in [4.69, 9.17) is 4.74 Å². The van der Waals surface area contributed by atoms with Crippen molar-refractivity contribution >= 4 is 21.6 Å². The third-order valence-corrected chi connectivity index (χ3v) is 2.97. The van der Waals surface area contributed by atoms with Crippen molar-refractivity contribution in [3.63, 3.8) is 0 Å². The highest BCUT2D eigenvalue weighted by molar-refractivity contribution is 9.10. The fourth-order valence-electron chi connectivity index (χ4n) is 1.28. The van der Waals surface area contributed by atoms with Crippen molar-refractivity contribution in [3.05, 3.63) is 28.7 Å². The van der Waals surface area contributed by atoms with Crippen LogP contribution in [-0.2, 0) is 4.74 Å². The Labute approximate surface area is 107 Å². The molecule has 16 heavy (non-hydrogen) atoms. The quantitative estimate of drug-likeness (QED) is 0.767. The molecule has 0 spiro atoms. The van der Waals surface area contributed by atoms with Crippen LogP contribution in [0.5, 0.6) is 0 Å². The molecule has 0 fully saturated rings. The Morgan fingerprint density at radius 1 is 1.25 bits per heavy atom. The average molecular weight is 286 g/mol. The molecule has 1 aromatic carbocycles. The minimum atomic E-state index is 0.719. The standard InChI is InChI=1S/C13H20BrNO/c1-11(2)7-9-16-10-8-15-13-6-4-3-5-12(13)14/h3-6,11,15H,7-10H2,1-2H3. The Morgan fingerprint density at radius 3 is 2.69 bits per heavy atom. The number of nitrogens with one attached hydrogen (secondary N) is 1. The zero-order valence-corrected chi connectivity index (χ0v) is 11.6. The monoisotopic (exact) mass is 285 g/mol. The topological polar surface area (TPSA) is 21.3 Å². The summed E-state index contributed by atoms with van der Waals surface area (Å²) in [6.07, 6.45) is 1.13. The number of halogens is 1. The first-order valence-corrected chi connectivity index (χ1v) is 6.55. The first-order chi connectivity index (χ1) is 7.70. The van der Waals surface area contributed by atoms with Crippen LogP contribution in [0.2, 0.25) is 0 Å². The third-order valence-electron chi connectivity index (χ3n) is 2.28. The van der Waals surface area contributed by atoms with Crippen molar-refractivity contribution in [1.29, 1.82) is 0 Å². The lowest BCUT2D eigenvalue weighted by Crippen LogP contribution is -2.11. The van der Waals surface area contributed by atoms with E-state index in [9.17, 15) is 0 Å². The predicted octanol–water partition coefficient (Wildman–Crippen LogP) is 3.92. The largest absolute Gasteiger partial charge is 0.382 e. The van der Waals surface area contributed by atoms with E-state index in [2.05, 4.69) is 41.2 Å². The molecule has 1 rings (SSSR count). The van der Waals surface area contributed by atoms with Crippen molar-refractivity contribution in [2.75, 3.05) is 25.1 Å². The molecule has 0 aliphatic carbocycles. The van der Waals surface area contributed by atoms with Gasteiger partial charge in [0.1, 0.15) is 0 Å². The lowest BCUT2D eigenvalue weighted by Gasteiger charge is -2.09. The summed E-state index contributed by atoms with van der Waals surface area (Å²) in [7, 11) is 0. The summed E-state index contributed by atoms with van der Waals surface area (Å²) in [5.74, 6) is 0.719. The first-order valence-electron chi connectivity index (χ1n) is 5.76. The van der Waals surface area contributed by atoms with E-state index in [1.807, 2.05) is 18.2 Å². The molecule has 0 amide bonds. The number of rotatable bonds is 7. The van der Waals surface area contributed by atoms with E-state index in [0.717, 1.165) is 42.3 Å². The SMILES string of the molecule is CC(C)CCOCCNc1ccccc1Br. The summed E-state index contributed by atoms with van der Waals surface area (Å²) >= 11 is 3.49. The van der Waals surface area contributed by atoms with Gasteiger partial charge in [-0.2, -0.15) is 0 Å². The number of hydrogen-bond donors (Lipinski definition) is 1. The second-order valence-electron chi connectivity index (χ2n) is 4.20. The maximum absolute atomic E-state index is 5.53. The van der Waals surface area contributed by atoms with Crippen LogP contribution in [0.4, 0.5) is 5.69 Å². The third kappa shape index (κ3) is 5.52. The Hall–Kier alpha value is -0.540. The summed E-state index contributed by atoms with van der Waals surface area (Å²) in [5.41, 5.74) is 1.12. The molecule has 0 saturated heterocycles. The van der Waals surface area contributed by atoms with E-state index in [1.165, 1.54) is 0 Å². The molecule has 0 aliphatic heterocycles. The van der Waals surface area contributed by atoms with E-state index < -0.39 is 0 Å². The Bertz CT molecular complexity index is 302. The van der Waals surface area contributed by atoms with Gasteiger partial charge in [0, 0.05) is 23.3 Å². The molecule has 0 saturated carbocycles. The smallest absolute Gasteiger partial charge is 0.0639 e. The summed E-state index contributed by atoms with van der Waals surface area (Å²) in [6.45, 7) is 6.88. The molecule has 0 heterocycles. The van der Waals surface area contributed by atoms with E-state index in [-0.39, 0.29) is 0 Å². The minimum absolute atomic E-state index is 0.719. The molecular weight excluding hydrogens is 266 g/mol. The van der Waals surface area contributed by atoms with Crippen molar-refractivity contribution in [2.45, 2.75) is 20.3 Å². The van der Waals surface area contributed by atoms with Gasteiger partial charge in [-0.15, -0.1) is 0 Å². The fourth-order valence-corrected chi connectivity index (χ4v) is 1.71. The summed E-state index contributed by atoms with van der Waals surface area (Å²) in [5, 5.41) is 3.33. The number of anilines is 1. The maximum Gasteiger partial charge on any atom is 0.0639 e. The molecular formula is C13H20BrNO. The summed E-state index contributed by atoms with van der Waals surface area (Å²) < 4.78 is 6.62. The van der Waals surface area contributed by atoms with Crippen LogP contribution in [-0.4, -0.2) is 19.8 Å². The van der Waals surface area contributed by atoms with Gasteiger partial charge in [-0.25, -0.2) is 0 Å². The van der Waals surface area contributed by atoms with Crippen molar-refractivity contribution < 1.29 is 4.74 Å². The van der Waals surface area contributed by atoms with Crippen molar-refractivity contribution in [1.82, 2.24) is 0 Å². The number of ether oxygens (including phenoxy) is 1. The molecule has 1 N–H and O–H groups in total. The van der Waals surface area contributed by atoms with Gasteiger partial charge in [-0.1, -0.05) is 26.0 Å². The highest BCUT2D eigenvalue weighted by Gasteiger charge is 1.97. The molecule has 0 bridgehead atoms. The second-order valence-corrected chi connectivity index (χ2v) is 5.06. The van der Waals surface area contributed by atoms with Crippen molar-refractivity contribution in [2.24, 2.45) is 5.92 Å². The molecule has 1 aromatic rings. The lowest BCUT2D eigenvalue weighted by molar-refractivity contribution is 0.132. The summed E-state index contributed by atoms with van der Waals surface area (Å²) in [6, 6.07) is 8.11. The lowest BCUT2D eigenvalue weighted by atomic mass is 10.1. The van der Waals surface area contributed by atoms with Gasteiger partial charge in [0.05, 0.1) is 6.61 Å². The van der Waals surface area contributed by atoms with Gasteiger partial charge < -0.3 is 10.1 Å². The van der Waals surface area contributed by atoms with Gasteiger partial charge in [0.15, 0.2) is 0 Å². The first kappa shape index (κ1) is 13.5. The molecule has 90 valence electrons. The highest BCUT2D eigenvalue weighted by Crippen LogP contribution is 2.20. The normalized spacial score (nSPS) is 10.8. The van der Waals surface area contributed by atoms with Gasteiger partial charge in [-0.05, 0) is 40.4 Å². The van der Waals surface area contributed by atoms with Crippen LogP contribution < -0.4 is 5.32 Å². The van der Waals surface area contributed by atoms with Gasteiger partial charge in [-0.3, -0.25) is 0 Å². The second kappa shape index (κ2) is 7.69. The molecule has 0 unspecified atom stereocenters. The van der Waals surface area contributed by atoms with Crippen LogP contribution in [0.1, 0.15) is 20.3 Å². The minimum Gasteiger partial charge on any atom is -0.382 e.